The molecule has 5 heteroatoms. The van der Waals surface area contributed by atoms with E-state index < -0.39 is 0 Å². The lowest BCUT2D eigenvalue weighted by Gasteiger charge is -2.25. The molecule has 0 aromatic heterocycles. The molecule has 0 N–H and O–H groups in total. The summed E-state index contributed by atoms with van der Waals surface area (Å²) in [5.74, 6) is 2.17. The van der Waals surface area contributed by atoms with Crippen molar-refractivity contribution in [3.05, 3.63) is 0 Å². The van der Waals surface area contributed by atoms with E-state index in [2.05, 4.69) is 55.4 Å². The van der Waals surface area contributed by atoms with Crippen LogP contribution < -0.4 is 0 Å². The molecule has 0 saturated carbocycles. The van der Waals surface area contributed by atoms with Crippen LogP contribution >= 0.6 is 28.1 Å². The largest absolute Gasteiger partial charge is 0.358 e. The minimum absolute atomic E-state index is 0.272. The summed E-state index contributed by atoms with van der Waals surface area (Å²) in [6, 6.07) is 0. The van der Waals surface area contributed by atoms with Crippen LogP contribution in [0.15, 0.2) is 0 Å². The minimum Gasteiger partial charge on any atom is -0.358 e. The Morgan fingerprint density at radius 2 is 0.905 bits per heavy atom. The summed E-state index contributed by atoms with van der Waals surface area (Å²) < 4.78 is 12.2. The molecule has 0 heterocycles. The van der Waals surface area contributed by atoms with Gasteiger partial charge >= 0.3 is 0 Å². The van der Waals surface area contributed by atoms with Crippen LogP contribution in [-0.4, -0.2) is 47.4 Å². The molecule has 0 aliphatic heterocycles. The van der Waals surface area contributed by atoms with E-state index in [1.165, 1.54) is 0 Å². The minimum atomic E-state index is -0.272. The van der Waals surface area contributed by atoms with E-state index in [0.29, 0.717) is 22.6 Å². The molecule has 0 amide bonds. The predicted molar refractivity (Wildman–Crippen MR) is 104 cm³/mol. The third-order valence-electron chi connectivity index (χ3n) is 2.97. The van der Waals surface area contributed by atoms with Crippen LogP contribution in [0.1, 0.15) is 55.4 Å². The van der Waals surface area contributed by atoms with Gasteiger partial charge in [0.25, 0.3) is 0 Å². The van der Waals surface area contributed by atoms with Crippen molar-refractivity contribution >= 4 is 28.1 Å². The van der Waals surface area contributed by atoms with E-state index >= 15 is 0 Å². The molecule has 0 aliphatic carbocycles. The van der Waals surface area contributed by atoms with Gasteiger partial charge in [0.15, 0.2) is 0 Å². The average molecular weight is 354 g/mol. The van der Waals surface area contributed by atoms with Crippen LogP contribution in [0.5, 0.6) is 0 Å². The fourth-order valence-corrected chi connectivity index (χ4v) is 7.33. The molecule has 0 aromatic carbocycles. The molecule has 0 radical (unpaired) electrons. The van der Waals surface area contributed by atoms with Gasteiger partial charge in [0.2, 0.25) is 0 Å². The van der Waals surface area contributed by atoms with Gasteiger partial charge in [-0.1, -0.05) is 55.4 Å². The molecule has 0 unspecified atom stereocenters. The zero-order valence-corrected chi connectivity index (χ0v) is 17.9. The van der Waals surface area contributed by atoms with Crippen molar-refractivity contribution in [2.75, 3.05) is 24.7 Å². The molecular weight excluding hydrogens is 318 g/mol. The third-order valence-corrected chi connectivity index (χ3v) is 8.92. The zero-order chi connectivity index (χ0) is 16.4. The molecule has 0 saturated heterocycles. The highest BCUT2D eigenvalue weighted by atomic mass is 32.2. The fourth-order valence-electron chi connectivity index (χ4n) is 2.29. The summed E-state index contributed by atoms with van der Waals surface area (Å²) in [5.41, 5.74) is 2.64. The lowest BCUT2D eigenvalue weighted by Crippen LogP contribution is -2.09. The van der Waals surface area contributed by atoms with Crippen molar-refractivity contribution in [3.63, 3.8) is 0 Å². The van der Waals surface area contributed by atoms with E-state index in [1.807, 2.05) is 11.8 Å². The average Bonchev–Trinajstić information content (AvgIpc) is 2.34. The second-order valence-corrected chi connectivity index (χ2v) is 13.7. The first-order valence-corrected chi connectivity index (χ1v) is 12.1. The smallest absolute Gasteiger partial charge is 0.0599 e. The van der Waals surface area contributed by atoms with E-state index in [1.54, 1.807) is 0 Å². The first kappa shape index (κ1) is 22.1. The van der Waals surface area contributed by atoms with Gasteiger partial charge in [-0.25, -0.2) is 0 Å². The van der Waals surface area contributed by atoms with Crippen LogP contribution in [0.2, 0.25) is 0 Å². The Hall–Kier alpha value is 1.13. The molecule has 0 bridgehead atoms. The van der Waals surface area contributed by atoms with Crippen LogP contribution in [-0.2, 0) is 9.05 Å². The van der Waals surface area contributed by atoms with E-state index in [4.69, 9.17) is 9.05 Å². The quantitative estimate of drug-likeness (QED) is 0.308. The Morgan fingerprint density at radius 3 is 1.14 bits per heavy atom. The highest BCUT2D eigenvalue weighted by Crippen LogP contribution is 2.47. The number of hydrogen-bond donors (Lipinski definition) is 0. The second-order valence-electron chi connectivity index (χ2n) is 6.37. The van der Waals surface area contributed by atoms with Crippen LogP contribution in [0, 0.1) is 0 Å². The molecule has 2 nitrogen and oxygen atoms in total. The standard InChI is InChI=1S/C16H36O2P2S/c1-13(2)19(14(3)4)17-9-11-21-12-10-18-20(15(5)6)16(7)8/h13-16H,9-12H2,1-8H3. The van der Waals surface area contributed by atoms with E-state index in [9.17, 15) is 0 Å². The van der Waals surface area contributed by atoms with Gasteiger partial charge in [-0.05, 0) is 22.6 Å². The maximum absolute atomic E-state index is 6.08. The molecule has 21 heavy (non-hydrogen) atoms. The summed E-state index contributed by atoms with van der Waals surface area (Å²) in [6.45, 7) is 19.9. The van der Waals surface area contributed by atoms with Crippen LogP contribution in [0.4, 0.5) is 0 Å². The van der Waals surface area contributed by atoms with Crippen molar-refractivity contribution in [1.29, 1.82) is 0 Å². The third kappa shape index (κ3) is 10.5. The molecule has 0 rings (SSSR count). The van der Waals surface area contributed by atoms with Gasteiger partial charge in [0, 0.05) is 27.8 Å². The summed E-state index contributed by atoms with van der Waals surface area (Å²) in [5, 5.41) is 0. The van der Waals surface area contributed by atoms with Crippen LogP contribution in [0.3, 0.4) is 0 Å². The molecule has 0 aliphatic rings. The molecule has 0 fully saturated rings. The maximum Gasteiger partial charge on any atom is 0.0599 e. The zero-order valence-electron chi connectivity index (χ0n) is 15.3. The van der Waals surface area contributed by atoms with E-state index in [0.717, 1.165) is 24.7 Å². The number of thioether (sulfide) groups is 1. The first-order valence-electron chi connectivity index (χ1n) is 8.17. The van der Waals surface area contributed by atoms with Crippen molar-refractivity contribution < 1.29 is 9.05 Å². The SMILES string of the molecule is CC(C)P(OCCSCCOP(C(C)C)C(C)C)C(C)C. The molecule has 0 atom stereocenters. The van der Waals surface area contributed by atoms with Crippen molar-refractivity contribution in [3.8, 4) is 0 Å². The maximum atomic E-state index is 6.08. The molecular formula is C16H36O2P2S. The van der Waals surface area contributed by atoms with Crippen molar-refractivity contribution in [1.82, 2.24) is 0 Å². The number of rotatable bonds is 12. The monoisotopic (exact) mass is 354 g/mol. The van der Waals surface area contributed by atoms with Gasteiger partial charge in [-0.2, -0.15) is 11.8 Å². The fraction of sp³-hybridized carbons (Fsp3) is 1.00. The summed E-state index contributed by atoms with van der Waals surface area (Å²) in [6.07, 6.45) is 0. The normalized spacial score (nSPS) is 12.9. The highest BCUT2D eigenvalue weighted by molar-refractivity contribution is 7.99. The summed E-state index contributed by atoms with van der Waals surface area (Å²) in [4.78, 5) is 0. The Kier molecular flexibility index (Phi) is 13.2. The van der Waals surface area contributed by atoms with Crippen LogP contribution in [0.25, 0.3) is 0 Å². The van der Waals surface area contributed by atoms with E-state index in [-0.39, 0.29) is 16.3 Å². The van der Waals surface area contributed by atoms with Gasteiger partial charge < -0.3 is 9.05 Å². The predicted octanol–water partition coefficient (Wildman–Crippen LogP) is 6.18. The second kappa shape index (κ2) is 12.5. The first-order chi connectivity index (χ1) is 9.77. The topological polar surface area (TPSA) is 18.5 Å². The Bertz CT molecular complexity index is 208. The molecule has 128 valence electrons. The van der Waals surface area contributed by atoms with Gasteiger partial charge in [0.1, 0.15) is 0 Å². The Morgan fingerprint density at radius 1 is 0.619 bits per heavy atom. The number of hydrogen-bond acceptors (Lipinski definition) is 3. The summed E-state index contributed by atoms with van der Waals surface area (Å²) in [7, 11) is -0.544. The lowest BCUT2D eigenvalue weighted by molar-refractivity contribution is 0.368. The van der Waals surface area contributed by atoms with Crippen molar-refractivity contribution in [2.24, 2.45) is 0 Å². The molecule has 0 aromatic rings. The highest BCUT2D eigenvalue weighted by Gasteiger charge is 2.18. The van der Waals surface area contributed by atoms with Crippen molar-refractivity contribution in [2.45, 2.75) is 78.0 Å². The summed E-state index contributed by atoms with van der Waals surface area (Å²) >= 11 is 1.95. The lowest BCUT2D eigenvalue weighted by atomic mass is 10.5. The molecule has 0 spiro atoms. The Labute approximate surface area is 140 Å². The van der Waals surface area contributed by atoms with Gasteiger partial charge in [0.05, 0.1) is 13.2 Å². The Balaban J connectivity index is 3.68. The van der Waals surface area contributed by atoms with Gasteiger partial charge in [-0.3, -0.25) is 0 Å². The van der Waals surface area contributed by atoms with Gasteiger partial charge in [-0.15, -0.1) is 0 Å².